The lowest BCUT2D eigenvalue weighted by Gasteiger charge is -2.05. The summed E-state index contributed by atoms with van der Waals surface area (Å²) < 4.78 is 0. The van der Waals surface area contributed by atoms with Crippen LogP contribution in [-0.2, 0) is 4.79 Å². The first-order valence-corrected chi connectivity index (χ1v) is 4.40. The van der Waals surface area contributed by atoms with Gasteiger partial charge in [0.15, 0.2) is 0 Å². The van der Waals surface area contributed by atoms with Crippen molar-refractivity contribution in [2.45, 2.75) is 19.2 Å². The maximum absolute atomic E-state index is 11.2. The zero-order valence-electron chi connectivity index (χ0n) is 7.54. The van der Waals surface area contributed by atoms with Gasteiger partial charge in [0.05, 0.1) is 11.9 Å². The van der Waals surface area contributed by atoms with Gasteiger partial charge in [-0.1, -0.05) is 0 Å². The van der Waals surface area contributed by atoms with Crippen molar-refractivity contribution in [3.05, 3.63) is 24.0 Å². The molecule has 0 aromatic carbocycles. The second-order valence-electron chi connectivity index (χ2n) is 2.86. The number of pyridine rings is 1. The number of aromatic nitrogens is 1. The van der Waals surface area contributed by atoms with E-state index < -0.39 is 5.38 Å². The predicted octanol–water partition coefficient (Wildman–Crippen LogP) is 1.96. The predicted molar refractivity (Wildman–Crippen MR) is 52.9 cm³/mol. The van der Waals surface area contributed by atoms with Crippen molar-refractivity contribution in [1.29, 1.82) is 0 Å². The molecule has 0 saturated heterocycles. The molecule has 0 fully saturated rings. The Hall–Kier alpha value is -1.09. The van der Waals surface area contributed by atoms with Crippen LogP contribution in [0.4, 0.5) is 5.69 Å². The lowest BCUT2D eigenvalue weighted by atomic mass is 10.3. The van der Waals surface area contributed by atoms with Crippen molar-refractivity contribution >= 4 is 23.2 Å². The fourth-order valence-electron chi connectivity index (χ4n) is 0.865. The zero-order chi connectivity index (χ0) is 9.84. The number of hydrogen-bond acceptors (Lipinski definition) is 2. The van der Waals surface area contributed by atoms with Crippen LogP contribution in [-0.4, -0.2) is 16.3 Å². The Balaban J connectivity index is 2.69. The van der Waals surface area contributed by atoms with Crippen molar-refractivity contribution in [2.75, 3.05) is 5.32 Å². The number of halogens is 1. The molecule has 0 radical (unpaired) electrons. The van der Waals surface area contributed by atoms with Gasteiger partial charge < -0.3 is 5.32 Å². The van der Waals surface area contributed by atoms with E-state index >= 15 is 0 Å². The van der Waals surface area contributed by atoms with E-state index in [0.29, 0.717) is 5.69 Å². The molecule has 0 spiro atoms. The third-order valence-corrected chi connectivity index (χ3v) is 1.70. The highest BCUT2D eigenvalue weighted by molar-refractivity contribution is 6.32. The SMILES string of the molecule is Cc1cncc(NC(=O)C(C)Cl)c1. The van der Waals surface area contributed by atoms with Gasteiger partial charge in [-0.3, -0.25) is 9.78 Å². The van der Waals surface area contributed by atoms with Gasteiger partial charge in [0.2, 0.25) is 5.91 Å². The summed E-state index contributed by atoms with van der Waals surface area (Å²) in [4.78, 5) is 15.1. The van der Waals surface area contributed by atoms with Gasteiger partial charge in [-0.2, -0.15) is 0 Å². The number of carbonyl (C=O) groups excluding carboxylic acids is 1. The molecular weight excluding hydrogens is 188 g/mol. The van der Waals surface area contributed by atoms with Crippen LogP contribution < -0.4 is 5.32 Å². The van der Waals surface area contributed by atoms with E-state index in [1.54, 1.807) is 19.3 Å². The minimum atomic E-state index is -0.527. The van der Waals surface area contributed by atoms with Crippen LogP contribution in [0.1, 0.15) is 12.5 Å². The maximum atomic E-state index is 11.2. The number of rotatable bonds is 2. The molecule has 13 heavy (non-hydrogen) atoms. The first kappa shape index (κ1) is 9.99. The Morgan fingerprint density at radius 2 is 2.31 bits per heavy atom. The fourth-order valence-corrected chi connectivity index (χ4v) is 0.920. The van der Waals surface area contributed by atoms with Gasteiger partial charge in [0, 0.05) is 6.20 Å². The van der Waals surface area contributed by atoms with E-state index in [2.05, 4.69) is 10.3 Å². The smallest absolute Gasteiger partial charge is 0.242 e. The van der Waals surface area contributed by atoms with Crippen LogP contribution in [0.3, 0.4) is 0 Å². The Labute approximate surface area is 82.1 Å². The Morgan fingerprint density at radius 3 is 2.85 bits per heavy atom. The molecule has 1 heterocycles. The molecular formula is C9H11ClN2O. The van der Waals surface area contributed by atoms with E-state index in [0.717, 1.165) is 5.56 Å². The lowest BCUT2D eigenvalue weighted by molar-refractivity contribution is -0.115. The molecule has 0 aliphatic rings. The standard InChI is InChI=1S/C9H11ClN2O/c1-6-3-8(5-11-4-6)12-9(13)7(2)10/h3-5,7H,1-2H3,(H,12,13). The second kappa shape index (κ2) is 4.23. The summed E-state index contributed by atoms with van der Waals surface area (Å²) in [6.45, 7) is 3.53. The van der Waals surface area contributed by atoms with Crippen LogP contribution in [0, 0.1) is 6.92 Å². The monoisotopic (exact) mass is 198 g/mol. The van der Waals surface area contributed by atoms with Crippen molar-refractivity contribution in [2.24, 2.45) is 0 Å². The summed E-state index contributed by atoms with van der Waals surface area (Å²) in [5.41, 5.74) is 1.68. The van der Waals surface area contributed by atoms with Gasteiger partial charge in [-0.05, 0) is 25.5 Å². The summed E-state index contributed by atoms with van der Waals surface area (Å²) in [5, 5.41) is 2.12. The quantitative estimate of drug-likeness (QED) is 0.739. The highest BCUT2D eigenvalue weighted by Gasteiger charge is 2.08. The molecule has 1 aromatic rings. The first-order chi connectivity index (χ1) is 6.09. The van der Waals surface area contributed by atoms with Crippen molar-refractivity contribution in [3.8, 4) is 0 Å². The van der Waals surface area contributed by atoms with Crippen molar-refractivity contribution in [1.82, 2.24) is 4.98 Å². The highest BCUT2D eigenvalue weighted by Crippen LogP contribution is 2.08. The van der Waals surface area contributed by atoms with E-state index in [1.807, 2.05) is 13.0 Å². The van der Waals surface area contributed by atoms with Gasteiger partial charge in [-0.15, -0.1) is 11.6 Å². The number of amides is 1. The average molecular weight is 199 g/mol. The van der Waals surface area contributed by atoms with Crippen LogP contribution in [0.2, 0.25) is 0 Å². The third-order valence-electron chi connectivity index (χ3n) is 1.50. The lowest BCUT2D eigenvalue weighted by Crippen LogP contribution is -2.20. The average Bonchev–Trinajstić information content (AvgIpc) is 2.04. The van der Waals surface area contributed by atoms with Crippen LogP contribution >= 0.6 is 11.6 Å². The van der Waals surface area contributed by atoms with E-state index in [9.17, 15) is 4.79 Å². The number of nitrogens with one attached hydrogen (secondary N) is 1. The van der Waals surface area contributed by atoms with Crippen molar-refractivity contribution in [3.63, 3.8) is 0 Å². The molecule has 0 aliphatic carbocycles. The van der Waals surface area contributed by atoms with E-state index in [4.69, 9.17) is 11.6 Å². The molecule has 4 heteroatoms. The minimum Gasteiger partial charge on any atom is -0.323 e. The minimum absolute atomic E-state index is 0.214. The van der Waals surface area contributed by atoms with Crippen LogP contribution in [0.5, 0.6) is 0 Å². The Morgan fingerprint density at radius 1 is 1.62 bits per heavy atom. The number of anilines is 1. The van der Waals surface area contributed by atoms with Gasteiger partial charge in [0.25, 0.3) is 0 Å². The van der Waals surface area contributed by atoms with E-state index in [1.165, 1.54) is 0 Å². The van der Waals surface area contributed by atoms with Gasteiger partial charge in [-0.25, -0.2) is 0 Å². The molecule has 0 saturated carbocycles. The number of alkyl halides is 1. The molecule has 1 amide bonds. The normalized spacial score (nSPS) is 12.2. The molecule has 3 nitrogen and oxygen atoms in total. The molecule has 1 rings (SSSR count). The van der Waals surface area contributed by atoms with Gasteiger partial charge >= 0.3 is 0 Å². The van der Waals surface area contributed by atoms with Crippen molar-refractivity contribution < 1.29 is 4.79 Å². The molecule has 1 aromatic heterocycles. The molecule has 0 bridgehead atoms. The summed E-state index contributed by atoms with van der Waals surface area (Å²) in [5.74, 6) is -0.214. The maximum Gasteiger partial charge on any atom is 0.242 e. The molecule has 70 valence electrons. The topological polar surface area (TPSA) is 42.0 Å². The summed E-state index contributed by atoms with van der Waals surface area (Å²) >= 11 is 5.59. The second-order valence-corrected chi connectivity index (χ2v) is 3.51. The first-order valence-electron chi connectivity index (χ1n) is 3.96. The summed E-state index contributed by atoms with van der Waals surface area (Å²) in [6.07, 6.45) is 3.31. The van der Waals surface area contributed by atoms with E-state index in [-0.39, 0.29) is 5.91 Å². The Kier molecular flexibility index (Phi) is 3.25. The molecule has 1 atom stereocenters. The van der Waals surface area contributed by atoms with Crippen LogP contribution in [0.25, 0.3) is 0 Å². The molecule has 0 aliphatic heterocycles. The highest BCUT2D eigenvalue weighted by atomic mass is 35.5. The number of aryl methyl sites for hydroxylation is 1. The number of nitrogens with zero attached hydrogens (tertiary/aromatic N) is 1. The summed E-state index contributed by atoms with van der Waals surface area (Å²) in [7, 11) is 0. The van der Waals surface area contributed by atoms with Gasteiger partial charge in [0.1, 0.15) is 5.38 Å². The Bertz CT molecular complexity index is 312. The fraction of sp³-hybridized carbons (Fsp3) is 0.333. The molecule has 1 N–H and O–H groups in total. The third kappa shape index (κ3) is 3.03. The number of carbonyl (C=O) groups is 1. The summed E-state index contributed by atoms with van der Waals surface area (Å²) in [6, 6.07) is 1.84. The number of hydrogen-bond donors (Lipinski definition) is 1. The largest absolute Gasteiger partial charge is 0.323 e. The zero-order valence-corrected chi connectivity index (χ0v) is 8.30. The molecule has 1 unspecified atom stereocenters. The van der Waals surface area contributed by atoms with Crippen LogP contribution in [0.15, 0.2) is 18.5 Å².